The second-order valence-corrected chi connectivity index (χ2v) is 4.74. The van der Waals surface area contributed by atoms with Gasteiger partial charge in [-0.2, -0.15) is 5.26 Å². The molecule has 1 rings (SSSR count). The average molecular weight is 262 g/mol. The summed E-state index contributed by atoms with van der Waals surface area (Å²) in [4.78, 5) is 12.0. The Morgan fingerprint density at radius 3 is 2.37 bits per heavy atom. The van der Waals surface area contributed by atoms with Gasteiger partial charge in [0, 0.05) is 5.56 Å². The van der Waals surface area contributed by atoms with E-state index in [1.54, 1.807) is 6.92 Å². The van der Waals surface area contributed by atoms with Gasteiger partial charge in [0.05, 0.1) is 11.8 Å². The highest BCUT2D eigenvalue weighted by Gasteiger charge is 2.30. The predicted molar refractivity (Wildman–Crippen MR) is 70.4 cm³/mol. The minimum Gasteiger partial charge on any atom is -0.733 e. The third-order valence-corrected chi connectivity index (χ3v) is 3.11. The minimum absolute atomic E-state index is 0.0310. The molecule has 0 bridgehead atoms. The van der Waals surface area contributed by atoms with E-state index in [1.807, 2.05) is 13.8 Å². The van der Waals surface area contributed by atoms with Crippen LogP contribution in [0.25, 0.3) is 0 Å². The zero-order chi connectivity index (χ0) is 14.6. The number of rotatable bonds is 4. The van der Waals surface area contributed by atoms with Gasteiger partial charge < -0.3 is 15.8 Å². The van der Waals surface area contributed by atoms with E-state index in [0.717, 1.165) is 0 Å². The van der Waals surface area contributed by atoms with E-state index < -0.39 is 11.4 Å². The molecule has 0 unspecified atom stereocenters. The third-order valence-electron chi connectivity index (χ3n) is 3.11. The van der Waals surface area contributed by atoms with Crippen molar-refractivity contribution in [3.63, 3.8) is 0 Å². The smallest absolute Gasteiger partial charge is 0.252 e. The van der Waals surface area contributed by atoms with Crippen LogP contribution in [0.4, 0.5) is 5.69 Å². The van der Waals surface area contributed by atoms with Crippen LogP contribution >= 0.6 is 0 Å². The summed E-state index contributed by atoms with van der Waals surface area (Å²) >= 11 is 0. The first-order valence-corrected chi connectivity index (χ1v) is 5.80. The van der Waals surface area contributed by atoms with E-state index >= 15 is 0 Å². The monoisotopic (exact) mass is 262 g/mol. The fourth-order valence-electron chi connectivity index (χ4n) is 1.35. The Morgan fingerprint density at radius 2 is 2.00 bits per heavy atom. The molecule has 0 spiro atoms. The first kappa shape index (κ1) is 15.0. The first-order valence-electron chi connectivity index (χ1n) is 5.80. The maximum absolute atomic E-state index is 12.0. The molecule has 6 nitrogen and oxygen atoms in total. The molecule has 0 saturated carbocycles. The van der Waals surface area contributed by atoms with Crippen molar-refractivity contribution in [2.24, 2.45) is 5.92 Å². The molecule has 0 aromatic heterocycles. The third kappa shape index (κ3) is 3.44. The van der Waals surface area contributed by atoms with E-state index in [2.05, 4.69) is 11.4 Å². The molecular formula is C13H16N3O3-. The van der Waals surface area contributed by atoms with E-state index in [1.165, 1.54) is 24.3 Å². The maximum atomic E-state index is 12.0. The summed E-state index contributed by atoms with van der Waals surface area (Å²) in [6.45, 7) is 5.33. The lowest BCUT2D eigenvalue weighted by molar-refractivity contribution is 0.0908. The van der Waals surface area contributed by atoms with Crippen LogP contribution in [0, 0.1) is 22.5 Å². The van der Waals surface area contributed by atoms with Crippen molar-refractivity contribution >= 4 is 11.6 Å². The summed E-state index contributed by atoms with van der Waals surface area (Å²) in [5.41, 5.74) is -0.617. The van der Waals surface area contributed by atoms with Gasteiger partial charge in [0.15, 0.2) is 0 Å². The van der Waals surface area contributed by atoms with Gasteiger partial charge in [-0.05, 0) is 37.1 Å². The number of nitriles is 1. The Hall–Kier alpha value is -2.10. The highest BCUT2D eigenvalue weighted by atomic mass is 16.8. The van der Waals surface area contributed by atoms with Gasteiger partial charge in [-0.1, -0.05) is 13.8 Å². The van der Waals surface area contributed by atoms with E-state index in [9.17, 15) is 10.0 Å². The summed E-state index contributed by atoms with van der Waals surface area (Å²) in [7, 11) is 0. The van der Waals surface area contributed by atoms with Crippen LogP contribution in [0.1, 0.15) is 31.1 Å². The molecule has 0 heterocycles. The van der Waals surface area contributed by atoms with Crippen molar-refractivity contribution in [3.8, 4) is 6.07 Å². The zero-order valence-electron chi connectivity index (χ0n) is 11.0. The first-order chi connectivity index (χ1) is 8.80. The van der Waals surface area contributed by atoms with Gasteiger partial charge in [-0.3, -0.25) is 10.0 Å². The molecule has 1 aromatic carbocycles. The number of hydrogen-bond acceptors (Lipinski definition) is 5. The lowest BCUT2D eigenvalue weighted by atomic mass is 9.90. The van der Waals surface area contributed by atoms with Crippen molar-refractivity contribution in [1.82, 2.24) is 5.32 Å². The van der Waals surface area contributed by atoms with Crippen molar-refractivity contribution in [2.75, 3.05) is 5.23 Å². The lowest BCUT2D eigenvalue weighted by Gasteiger charge is -2.27. The second-order valence-electron chi connectivity index (χ2n) is 4.74. The molecule has 1 atom stereocenters. The Labute approximate surface area is 111 Å². The maximum Gasteiger partial charge on any atom is 0.252 e. The van der Waals surface area contributed by atoms with Gasteiger partial charge in [0.25, 0.3) is 5.91 Å². The molecular weight excluding hydrogens is 246 g/mol. The number of benzene rings is 1. The molecule has 0 aliphatic carbocycles. The quantitative estimate of drug-likeness (QED) is 0.809. The molecule has 0 aliphatic heterocycles. The Bertz CT molecular complexity index is 491. The number of nitrogens with one attached hydrogen (secondary N) is 1. The van der Waals surface area contributed by atoms with E-state index in [-0.39, 0.29) is 16.8 Å². The van der Waals surface area contributed by atoms with E-state index in [4.69, 9.17) is 10.5 Å². The molecule has 0 aliphatic rings. The number of carbonyl (C=O) groups excluding carboxylic acids is 1. The molecule has 19 heavy (non-hydrogen) atoms. The molecule has 2 N–H and O–H groups in total. The molecule has 0 fully saturated rings. The number of carbonyl (C=O) groups is 1. The standard InChI is InChI=1S/C13H16N3O3/c1-9(2)13(3,8-14)15-12(17)10-4-6-11(7-5-10)16(18)19/h4-7,9,18H,1-3H3,(H,15,17)/q-1/t13-/m0/s1. The van der Waals surface area contributed by atoms with Crippen LogP contribution in [0.2, 0.25) is 0 Å². The number of anilines is 1. The van der Waals surface area contributed by atoms with Crippen LogP contribution in [0.3, 0.4) is 0 Å². The summed E-state index contributed by atoms with van der Waals surface area (Å²) in [6.07, 6.45) is 0. The van der Waals surface area contributed by atoms with E-state index in [0.29, 0.717) is 5.56 Å². The summed E-state index contributed by atoms with van der Waals surface area (Å²) in [5, 5.41) is 30.8. The van der Waals surface area contributed by atoms with Crippen molar-refractivity contribution in [3.05, 3.63) is 35.0 Å². The highest BCUT2D eigenvalue weighted by Crippen LogP contribution is 2.17. The van der Waals surface area contributed by atoms with Gasteiger partial charge in [-0.25, -0.2) is 0 Å². The molecule has 1 aromatic rings. The Morgan fingerprint density at radius 1 is 1.47 bits per heavy atom. The fourth-order valence-corrected chi connectivity index (χ4v) is 1.35. The fraction of sp³-hybridized carbons (Fsp3) is 0.385. The number of nitrogens with zero attached hydrogens (tertiary/aromatic N) is 2. The summed E-state index contributed by atoms with van der Waals surface area (Å²) in [5.74, 6) is -0.449. The van der Waals surface area contributed by atoms with Gasteiger partial charge in [0.2, 0.25) is 0 Å². The van der Waals surface area contributed by atoms with Gasteiger partial charge in [-0.15, -0.1) is 0 Å². The summed E-state index contributed by atoms with van der Waals surface area (Å²) < 4.78 is 0. The topological polar surface area (TPSA) is 99.4 Å². The van der Waals surface area contributed by atoms with Crippen molar-refractivity contribution in [2.45, 2.75) is 26.3 Å². The van der Waals surface area contributed by atoms with Crippen LogP contribution in [-0.4, -0.2) is 16.7 Å². The van der Waals surface area contributed by atoms with Gasteiger partial charge >= 0.3 is 0 Å². The zero-order valence-corrected chi connectivity index (χ0v) is 11.0. The Kier molecular flexibility index (Phi) is 4.48. The highest BCUT2D eigenvalue weighted by molar-refractivity contribution is 5.95. The second kappa shape index (κ2) is 5.69. The minimum atomic E-state index is -0.961. The molecule has 1 amide bonds. The largest absolute Gasteiger partial charge is 0.733 e. The van der Waals surface area contributed by atoms with Crippen molar-refractivity contribution < 1.29 is 10.0 Å². The Balaban J connectivity index is 2.87. The van der Waals surface area contributed by atoms with Crippen LogP contribution in [-0.2, 0) is 0 Å². The van der Waals surface area contributed by atoms with Crippen LogP contribution in [0.15, 0.2) is 24.3 Å². The molecule has 102 valence electrons. The van der Waals surface area contributed by atoms with Crippen LogP contribution in [0.5, 0.6) is 0 Å². The molecule has 0 radical (unpaired) electrons. The van der Waals surface area contributed by atoms with Gasteiger partial charge in [0.1, 0.15) is 5.54 Å². The lowest BCUT2D eigenvalue weighted by Crippen LogP contribution is -2.48. The summed E-state index contributed by atoms with van der Waals surface area (Å²) in [6, 6.07) is 7.53. The number of hydrogen-bond donors (Lipinski definition) is 2. The predicted octanol–water partition coefficient (Wildman–Crippen LogP) is 2.05. The average Bonchev–Trinajstić information content (AvgIpc) is 2.38. The SMILES string of the molecule is CC(C)[C@](C)(C#N)NC(=O)c1ccc(N([O-])O)cc1. The number of amides is 1. The normalized spacial score (nSPS) is 13.5. The molecule has 0 saturated heterocycles. The molecule has 6 heteroatoms. The van der Waals surface area contributed by atoms with Crippen LogP contribution < -0.4 is 10.5 Å². The van der Waals surface area contributed by atoms with Crippen molar-refractivity contribution in [1.29, 1.82) is 5.26 Å².